The number of nitrogens with zero attached hydrogens (tertiary/aromatic N) is 3. The molecule has 0 spiro atoms. The molecular weight excluding hydrogens is 474 g/mol. The second-order valence-electron chi connectivity index (χ2n) is 7.82. The van der Waals surface area contributed by atoms with E-state index in [1.165, 1.54) is 11.8 Å². The van der Waals surface area contributed by atoms with Gasteiger partial charge >= 0.3 is 0 Å². The van der Waals surface area contributed by atoms with Gasteiger partial charge in [-0.3, -0.25) is 4.79 Å². The Kier molecular flexibility index (Phi) is 7.09. The van der Waals surface area contributed by atoms with Crippen molar-refractivity contribution < 1.29 is 14.1 Å². The van der Waals surface area contributed by atoms with E-state index in [1.54, 1.807) is 19.2 Å². The summed E-state index contributed by atoms with van der Waals surface area (Å²) in [6.45, 7) is 0. The molecule has 8 nitrogen and oxygen atoms in total. The molecule has 0 unspecified atom stereocenters. The molecule has 0 saturated carbocycles. The number of carbonyl (C=O) groups is 1. The first-order chi connectivity index (χ1) is 17.7. The molecule has 9 heteroatoms. The number of hydrogen-bond acceptors (Lipinski definition) is 7. The second kappa shape index (κ2) is 10.9. The summed E-state index contributed by atoms with van der Waals surface area (Å²) in [5, 5.41) is 7.50. The number of para-hydroxylation sites is 2. The third-order valence-electron chi connectivity index (χ3n) is 5.33. The first-order valence-electron chi connectivity index (χ1n) is 11.3. The highest BCUT2D eigenvalue weighted by molar-refractivity contribution is 7.98. The predicted molar refractivity (Wildman–Crippen MR) is 139 cm³/mol. The summed E-state index contributed by atoms with van der Waals surface area (Å²) in [5.41, 5.74) is 4.50. The third-order valence-corrected chi connectivity index (χ3v) is 6.19. The van der Waals surface area contributed by atoms with Crippen molar-refractivity contribution in [3.8, 4) is 28.3 Å². The molecule has 0 saturated heterocycles. The van der Waals surface area contributed by atoms with Gasteiger partial charge in [-0.1, -0.05) is 89.7 Å². The molecule has 36 heavy (non-hydrogen) atoms. The first kappa shape index (κ1) is 23.4. The Labute approximate surface area is 212 Å². The lowest BCUT2D eigenvalue weighted by Crippen LogP contribution is -2.15. The zero-order valence-corrected chi connectivity index (χ0v) is 20.3. The lowest BCUT2D eigenvalue weighted by molar-refractivity contribution is -0.115. The topological polar surface area (TPSA) is 106 Å². The largest absolute Gasteiger partial charge is 0.495 e. The van der Waals surface area contributed by atoms with Crippen LogP contribution in [0, 0.1) is 0 Å². The molecule has 2 N–H and O–H groups in total. The normalized spacial score (nSPS) is 10.8. The fourth-order valence-corrected chi connectivity index (χ4v) is 4.38. The van der Waals surface area contributed by atoms with Crippen LogP contribution < -0.4 is 10.1 Å². The SMILES string of the molecule is COc1ccccc1NC(=O)Cc1noc(CSc2nc(-c3ccccc3)c(-c3ccccc3)[nH]2)n1. The number of carbonyl (C=O) groups excluding carboxylic acids is 1. The number of nitrogens with one attached hydrogen (secondary N) is 2. The van der Waals surface area contributed by atoms with Gasteiger partial charge in [-0.05, 0) is 12.1 Å². The quantitative estimate of drug-likeness (QED) is 0.255. The Morgan fingerprint density at radius 3 is 2.39 bits per heavy atom. The van der Waals surface area contributed by atoms with Crippen LogP contribution in [0.25, 0.3) is 22.5 Å². The maximum atomic E-state index is 12.4. The van der Waals surface area contributed by atoms with Crippen molar-refractivity contribution in [2.45, 2.75) is 17.3 Å². The molecule has 5 rings (SSSR count). The van der Waals surface area contributed by atoms with Crippen LogP contribution in [0.15, 0.2) is 94.6 Å². The molecule has 0 radical (unpaired) electrons. The molecule has 0 aliphatic heterocycles. The van der Waals surface area contributed by atoms with E-state index in [9.17, 15) is 4.79 Å². The molecule has 0 bridgehead atoms. The van der Waals surface area contributed by atoms with E-state index in [0.29, 0.717) is 28.9 Å². The molecule has 0 aliphatic carbocycles. The van der Waals surface area contributed by atoms with Gasteiger partial charge in [-0.25, -0.2) is 4.98 Å². The standard InChI is InChI=1S/C27H23N5O3S/c1-34-21-15-9-8-14-20(21)28-23(33)16-22-29-24(35-32-22)17-36-27-30-25(18-10-4-2-5-11-18)26(31-27)19-12-6-3-7-13-19/h2-15H,16-17H2,1H3,(H,28,33)(H,30,31). The summed E-state index contributed by atoms with van der Waals surface area (Å²) < 4.78 is 10.6. The van der Waals surface area contributed by atoms with E-state index in [4.69, 9.17) is 14.2 Å². The fraction of sp³-hybridized carbons (Fsp3) is 0.111. The molecule has 180 valence electrons. The van der Waals surface area contributed by atoms with Crippen LogP contribution in [-0.2, 0) is 17.0 Å². The van der Waals surface area contributed by atoms with Crippen molar-refractivity contribution in [3.05, 3.63) is 96.6 Å². The molecule has 1 amide bonds. The van der Waals surface area contributed by atoms with Gasteiger partial charge in [0.25, 0.3) is 0 Å². The number of imidazole rings is 1. The summed E-state index contributed by atoms with van der Waals surface area (Å²) in [5.74, 6) is 1.47. The number of rotatable bonds is 9. The number of thioether (sulfide) groups is 1. The van der Waals surface area contributed by atoms with Crippen molar-refractivity contribution in [1.82, 2.24) is 20.1 Å². The van der Waals surface area contributed by atoms with Gasteiger partial charge in [0.1, 0.15) is 5.75 Å². The van der Waals surface area contributed by atoms with E-state index >= 15 is 0 Å². The number of aromatic amines is 1. The van der Waals surface area contributed by atoms with Gasteiger partial charge < -0.3 is 19.6 Å². The van der Waals surface area contributed by atoms with Gasteiger partial charge in [-0.2, -0.15) is 4.98 Å². The maximum absolute atomic E-state index is 12.4. The van der Waals surface area contributed by atoms with Crippen LogP contribution in [0.3, 0.4) is 0 Å². The van der Waals surface area contributed by atoms with Crippen molar-refractivity contribution in [2.75, 3.05) is 12.4 Å². The summed E-state index contributed by atoms with van der Waals surface area (Å²) in [6.07, 6.45) is -0.0106. The van der Waals surface area contributed by atoms with Crippen molar-refractivity contribution >= 4 is 23.4 Å². The molecule has 0 fully saturated rings. The highest BCUT2D eigenvalue weighted by Gasteiger charge is 2.17. The zero-order chi connectivity index (χ0) is 24.7. The number of hydrogen-bond donors (Lipinski definition) is 2. The van der Waals surface area contributed by atoms with Gasteiger partial charge in [-0.15, -0.1) is 0 Å². The van der Waals surface area contributed by atoms with Gasteiger partial charge in [0, 0.05) is 11.1 Å². The monoisotopic (exact) mass is 497 g/mol. The molecule has 2 heterocycles. The van der Waals surface area contributed by atoms with E-state index in [0.717, 1.165) is 27.7 Å². The predicted octanol–water partition coefficient (Wildman–Crippen LogP) is 5.61. The average molecular weight is 498 g/mol. The van der Waals surface area contributed by atoms with Gasteiger partial charge in [0.2, 0.25) is 11.8 Å². The van der Waals surface area contributed by atoms with Crippen LogP contribution in [0.2, 0.25) is 0 Å². The van der Waals surface area contributed by atoms with Crippen molar-refractivity contribution in [1.29, 1.82) is 0 Å². The molecule has 5 aromatic rings. The van der Waals surface area contributed by atoms with Gasteiger partial charge in [0.05, 0.1) is 36.4 Å². The van der Waals surface area contributed by atoms with Crippen molar-refractivity contribution in [3.63, 3.8) is 0 Å². The van der Waals surface area contributed by atoms with Crippen LogP contribution in [0.1, 0.15) is 11.7 Å². The lowest BCUT2D eigenvalue weighted by Gasteiger charge is -2.08. The van der Waals surface area contributed by atoms with E-state index in [2.05, 4.69) is 32.6 Å². The maximum Gasteiger partial charge on any atom is 0.237 e. The zero-order valence-electron chi connectivity index (χ0n) is 19.5. The molecule has 0 aliphatic rings. The Hall–Kier alpha value is -4.37. The first-order valence-corrected chi connectivity index (χ1v) is 12.3. The van der Waals surface area contributed by atoms with E-state index < -0.39 is 0 Å². The number of benzene rings is 3. The minimum absolute atomic E-state index is 0.0106. The second-order valence-corrected chi connectivity index (χ2v) is 8.78. The number of ether oxygens (including phenoxy) is 1. The summed E-state index contributed by atoms with van der Waals surface area (Å²) in [4.78, 5) is 25.1. The molecule has 2 aromatic heterocycles. The molecular formula is C27H23N5O3S. The Bertz CT molecular complexity index is 1390. The minimum atomic E-state index is -0.259. The Balaban J connectivity index is 1.26. The van der Waals surface area contributed by atoms with Crippen LogP contribution in [0.4, 0.5) is 5.69 Å². The van der Waals surface area contributed by atoms with Crippen LogP contribution >= 0.6 is 11.8 Å². The number of H-pyrrole nitrogens is 1. The summed E-state index contributed by atoms with van der Waals surface area (Å²) in [6, 6.07) is 27.4. The third kappa shape index (κ3) is 5.47. The summed E-state index contributed by atoms with van der Waals surface area (Å²) >= 11 is 1.46. The van der Waals surface area contributed by atoms with Crippen LogP contribution in [-0.4, -0.2) is 33.1 Å². The van der Waals surface area contributed by atoms with Gasteiger partial charge in [0.15, 0.2) is 11.0 Å². The van der Waals surface area contributed by atoms with Crippen LogP contribution in [0.5, 0.6) is 5.75 Å². The molecule has 0 atom stereocenters. The number of aromatic nitrogens is 4. The lowest BCUT2D eigenvalue weighted by atomic mass is 10.1. The highest BCUT2D eigenvalue weighted by atomic mass is 32.2. The Morgan fingerprint density at radius 2 is 1.64 bits per heavy atom. The Morgan fingerprint density at radius 1 is 0.944 bits per heavy atom. The molecule has 3 aromatic carbocycles. The number of amides is 1. The van der Waals surface area contributed by atoms with E-state index in [-0.39, 0.29) is 12.3 Å². The smallest absolute Gasteiger partial charge is 0.237 e. The van der Waals surface area contributed by atoms with Crippen molar-refractivity contribution in [2.24, 2.45) is 0 Å². The summed E-state index contributed by atoms with van der Waals surface area (Å²) in [7, 11) is 1.55. The van der Waals surface area contributed by atoms with E-state index in [1.807, 2.05) is 60.7 Å². The fourth-order valence-electron chi connectivity index (χ4n) is 3.68. The number of anilines is 1. The minimum Gasteiger partial charge on any atom is -0.495 e. The highest BCUT2D eigenvalue weighted by Crippen LogP contribution is 2.33. The average Bonchev–Trinajstić information content (AvgIpc) is 3.56. The number of methoxy groups -OCH3 is 1.